The molecular formula is C13H17NO3. The highest BCUT2D eigenvalue weighted by Crippen LogP contribution is 2.21. The summed E-state index contributed by atoms with van der Waals surface area (Å²) < 4.78 is 10.5. The number of hydrogen-bond acceptors (Lipinski definition) is 3. The van der Waals surface area contributed by atoms with Gasteiger partial charge in [-0.3, -0.25) is 4.79 Å². The molecule has 0 unspecified atom stereocenters. The Morgan fingerprint density at radius 1 is 1.35 bits per heavy atom. The average molecular weight is 235 g/mol. The lowest BCUT2D eigenvalue weighted by Crippen LogP contribution is -2.13. The zero-order valence-electron chi connectivity index (χ0n) is 10.1. The molecule has 4 heteroatoms. The normalized spacial score (nSPS) is 10.5. The SMILES string of the molecule is CCO/C=C/c1ccc(C(N)=O)c(OCC)c1. The fourth-order valence-electron chi connectivity index (χ4n) is 1.34. The van der Waals surface area contributed by atoms with E-state index >= 15 is 0 Å². The van der Waals surface area contributed by atoms with Crippen LogP contribution in [-0.4, -0.2) is 19.1 Å². The Morgan fingerprint density at radius 3 is 2.71 bits per heavy atom. The molecule has 1 aromatic carbocycles. The second-order valence-electron chi connectivity index (χ2n) is 3.31. The lowest BCUT2D eigenvalue weighted by Gasteiger charge is -2.08. The van der Waals surface area contributed by atoms with Crippen LogP contribution >= 0.6 is 0 Å². The van der Waals surface area contributed by atoms with E-state index in [0.29, 0.717) is 24.5 Å². The molecule has 1 amide bonds. The minimum Gasteiger partial charge on any atom is -0.501 e. The van der Waals surface area contributed by atoms with Crippen LogP contribution in [0.3, 0.4) is 0 Å². The van der Waals surface area contributed by atoms with Gasteiger partial charge in [0.05, 0.1) is 25.0 Å². The summed E-state index contributed by atoms with van der Waals surface area (Å²) in [6, 6.07) is 5.20. The van der Waals surface area contributed by atoms with Crippen LogP contribution in [-0.2, 0) is 4.74 Å². The van der Waals surface area contributed by atoms with Gasteiger partial charge in [-0.25, -0.2) is 0 Å². The van der Waals surface area contributed by atoms with E-state index in [2.05, 4.69) is 0 Å². The Morgan fingerprint density at radius 2 is 2.12 bits per heavy atom. The second-order valence-corrected chi connectivity index (χ2v) is 3.31. The topological polar surface area (TPSA) is 61.5 Å². The fraction of sp³-hybridized carbons (Fsp3) is 0.308. The van der Waals surface area contributed by atoms with Gasteiger partial charge in [0.25, 0.3) is 5.91 Å². The molecule has 0 aromatic heterocycles. The van der Waals surface area contributed by atoms with Crippen LogP contribution < -0.4 is 10.5 Å². The molecule has 0 spiro atoms. The summed E-state index contributed by atoms with van der Waals surface area (Å²) in [6.07, 6.45) is 3.41. The first kappa shape index (κ1) is 13.1. The average Bonchev–Trinajstić information content (AvgIpc) is 2.30. The van der Waals surface area contributed by atoms with Gasteiger partial charge in [0.15, 0.2) is 0 Å². The number of ether oxygens (including phenoxy) is 2. The Hall–Kier alpha value is -1.97. The van der Waals surface area contributed by atoms with Crippen molar-refractivity contribution >= 4 is 12.0 Å². The molecule has 1 aromatic rings. The molecule has 0 fully saturated rings. The van der Waals surface area contributed by atoms with E-state index in [1.54, 1.807) is 30.5 Å². The Bertz CT molecular complexity index is 413. The number of amides is 1. The largest absolute Gasteiger partial charge is 0.501 e. The van der Waals surface area contributed by atoms with E-state index in [4.69, 9.17) is 15.2 Å². The smallest absolute Gasteiger partial charge is 0.252 e. The van der Waals surface area contributed by atoms with Crippen LogP contribution in [0.15, 0.2) is 24.5 Å². The number of benzene rings is 1. The highest BCUT2D eigenvalue weighted by Gasteiger charge is 2.08. The first-order valence-corrected chi connectivity index (χ1v) is 5.53. The standard InChI is InChI=1S/C13H17NO3/c1-3-16-8-7-10-5-6-11(13(14)15)12(9-10)17-4-2/h5-9H,3-4H2,1-2H3,(H2,14,15)/b8-7+. The van der Waals surface area contributed by atoms with Crippen LogP contribution in [0.25, 0.3) is 6.08 Å². The van der Waals surface area contributed by atoms with Crippen molar-refractivity contribution in [2.75, 3.05) is 13.2 Å². The van der Waals surface area contributed by atoms with Gasteiger partial charge in [-0.1, -0.05) is 6.07 Å². The highest BCUT2D eigenvalue weighted by atomic mass is 16.5. The van der Waals surface area contributed by atoms with Gasteiger partial charge < -0.3 is 15.2 Å². The van der Waals surface area contributed by atoms with E-state index in [0.717, 1.165) is 5.56 Å². The molecule has 0 aliphatic carbocycles. The van der Waals surface area contributed by atoms with Crippen LogP contribution in [0.1, 0.15) is 29.8 Å². The molecule has 0 atom stereocenters. The first-order chi connectivity index (χ1) is 8.19. The van der Waals surface area contributed by atoms with Crippen LogP contribution in [0, 0.1) is 0 Å². The van der Waals surface area contributed by atoms with Crippen molar-refractivity contribution in [1.82, 2.24) is 0 Å². The van der Waals surface area contributed by atoms with Gasteiger partial charge in [-0.2, -0.15) is 0 Å². The summed E-state index contributed by atoms with van der Waals surface area (Å²) in [6.45, 7) is 4.87. The van der Waals surface area contributed by atoms with Crippen molar-refractivity contribution in [2.24, 2.45) is 5.73 Å². The molecule has 0 saturated heterocycles. The van der Waals surface area contributed by atoms with Crippen LogP contribution in [0.2, 0.25) is 0 Å². The maximum absolute atomic E-state index is 11.2. The monoisotopic (exact) mass is 235 g/mol. The maximum Gasteiger partial charge on any atom is 0.252 e. The van der Waals surface area contributed by atoms with Gasteiger partial charge in [0.2, 0.25) is 0 Å². The van der Waals surface area contributed by atoms with Crippen molar-refractivity contribution in [2.45, 2.75) is 13.8 Å². The fourth-order valence-corrected chi connectivity index (χ4v) is 1.34. The van der Waals surface area contributed by atoms with Gasteiger partial charge in [-0.05, 0) is 37.6 Å². The number of nitrogens with two attached hydrogens (primary N) is 1. The lowest BCUT2D eigenvalue weighted by atomic mass is 10.1. The zero-order valence-corrected chi connectivity index (χ0v) is 10.1. The molecule has 4 nitrogen and oxygen atoms in total. The van der Waals surface area contributed by atoms with Crippen molar-refractivity contribution < 1.29 is 14.3 Å². The number of carbonyl (C=O) groups excluding carboxylic acids is 1. The van der Waals surface area contributed by atoms with Gasteiger partial charge in [0, 0.05) is 0 Å². The van der Waals surface area contributed by atoms with E-state index in [1.807, 2.05) is 13.8 Å². The maximum atomic E-state index is 11.2. The number of hydrogen-bond donors (Lipinski definition) is 1. The number of rotatable bonds is 6. The predicted octanol–water partition coefficient (Wildman–Crippen LogP) is 2.19. The molecule has 2 N–H and O–H groups in total. The van der Waals surface area contributed by atoms with Gasteiger partial charge >= 0.3 is 0 Å². The molecule has 0 heterocycles. The van der Waals surface area contributed by atoms with Crippen molar-refractivity contribution in [1.29, 1.82) is 0 Å². The molecule has 0 aliphatic heterocycles. The number of carbonyl (C=O) groups is 1. The number of primary amides is 1. The summed E-state index contributed by atoms with van der Waals surface area (Å²) in [5.41, 5.74) is 6.54. The molecular weight excluding hydrogens is 218 g/mol. The van der Waals surface area contributed by atoms with Crippen LogP contribution in [0.4, 0.5) is 0 Å². The Balaban J connectivity index is 2.96. The van der Waals surface area contributed by atoms with Crippen molar-refractivity contribution in [3.8, 4) is 5.75 Å². The summed E-state index contributed by atoms with van der Waals surface area (Å²) in [5, 5.41) is 0. The molecule has 1 rings (SSSR count). The second kappa shape index (κ2) is 6.58. The molecule has 0 bridgehead atoms. The first-order valence-electron chi connectivity index (χ1n) is 5.53. The van der Waals surface area contributed by atoms with E-state index in [9.17, 15) is 4.79 Å². The summed E-state index contributed by atoms with van der Waals surface area (Å²) in [4.78, 5) is 11.2. The van der Waals surface area contributed by atoms with E-state index in [1.165, 1.54) is 0 Å². The molecule has 0 radical (unpaired) electrons. The third-order valence-electron chi connectivity index (χ3n) is 2.09. The van der Waals surface area contributed by atoms with E-state index in [-0.39, 0.29) is 0 Å². The van der Waals surface area contributed by atoms with Gasteiger partial charge in [0.1, 0.15) is 5.75 Å². The molecule has 0 saturated carbocycles. The predicted molar refractivity (Wildman–Crippen MR) is 66.8 cm³/mol. The van der Waals surface area contributed by atoms with Crippen LogP contribution in [0.5, 0.6) is 5.75 Å². The summed E-state index contributed by atoms with van der Waals surface area (Å²) in [7, 11) is 0. The summed E-state index contributed by atoms with van der Waals surface area (Å²) >= 11 is 0. The van der Waals surface area contributed by atoms with Crippen molar-refractivity contribution in [3.05, 3.63) is 35.6 Å². The summed E-state index contributed by atoms with van der Waals surface area (Å²) in [5.74, 6) is 0.00689. The molecule has 0 aliphatic rings. The zero-order chi connectivity index (χ0) is 12.7. The molecule has 17 heavy (non-hydrogen) atoms. The minimum atomic E-state index is -0.492. The highest BCUT2D eigenvalue weighted by molar-refractivity contribution is 5.95. The van der Waals surface area contributed by atoms with Gasteiger partial charge in [-0.15, -0.1) is 0 Å². The quantitative estimate of drug-likeness (QED) is 0.769. The van der Waals surface area contributed by atoms with E-state index < -0.39 is 5.91 Å². The Kier molecular flexibility index (Phi) is 5.07. The third-order valence-corrected chi connectivity index (χ3v) is 2.09. The van der Waals surface area contributed by atoms with Crippen molar-refractivity contribution in [3.63, 3.8) is 0 Å². The minimum absolute atomic E-state index is 0.389. The lowest BCUT2D eigenvalue weighted by molar-refractivity contribution is 0.0996. The Labute approximate surface area is 101 Å². The molecule has 92 valence electrons. The third kappa shape index (κ3) is 3.83.